The number of hydrogen-bond acceptors (Lipinski definition) is 19. The molecule has 0 aromatic heterocycles. The van der Waals surface area contributed by atoms with Crippen LogP contribution >= 0.6 is 15.9 Å². The first-order valence-corrected chi connectivity index (χ1v) is 47.6. The lowest BCUT2D eigenvalue weighted by atomic mass is 9.92. The molecule has 132 heavy (non-hydrogen) atoms. The van der Waals surface area contributed by atoms with Gasteiger partial charge in [-0.15, -0.1) is 13.2 Å². The molecule has 28 heteroatoms. The predicted octanol–water partition coefficient (Wildman–Crippen LogP) is 14.7. The van der Waals surface area contributed by atoms with Gasteiger partial charge < -0.3 is 77.3 Å². The van der Waals surface area contributed by atoms with Crippen molar-refractivity contribution in [3.8, 4) is 0 Å². The van der Waals surface area contributed by atoms with Gasteiger partial charge in [-0.3, -0.25) is 43.6 Å². The maximum Gasteiger partial charge on any atom is 0.411 e. The molecule has 6 heterocycles. The van der Waals surface area contributed by atoms with Gasteiger partial charge >= 0.3 is 30.1 Å². The molecule has 26 nitrogen and oxygen atoms in total. The summed E-state index contributed by atoms with van der Waals surface area (Å²) >= 11 is 3.13. The molecule has 7 unspecified atom stereocenters. The number of carboxylic acids is 1. The molecule has 13 N–H and O–H groups in total. The Morgan fingerprint density at radius 3 is 1.21 bits per heavy atom. The topological polar surface area (TPSA) is 372 Å². The van der Waals surface area contributed by atoms with Gasteiger partial charge in [-0.05, 0) is 205 Å². The van der Waals surface area contributed by atoms with Crippen LogP contribution in [0.25, 0.3) is 0 Å². The fraction of sp³-hybridized carbons (Fsp3) is 0.548. The van der Waals surface area contributed by atoms with Crippen molar-refractivity contribution in [2.45, 2.75) is 310 Å². The van der Waals surface area contributed by atoms with Crippen LogP contribution in [0.4, 0.5) is 9.59 Å². The smallest absolute Gasteiger partial charge is 0.411 e. The first-order chi connectivity index (χ1) is 61.4. The molecule has 4 amide bonds. The van der Waals surface area contributed by atoms with E-state index < -0.39 is 41.4 Å². The van der Waals surface area contributed by atoms with Crippen LogP contribution in [0.1, 0.15) is 208 Å². The largest absolute Gasteiger partial charge is 0.480 e. The Labute approximate surface area is 798 Å². The van der Waals surface area contributed by atoms with E-state index in [4.69, 9.17) is 41.3 Å². The number of aliphatic hydroxyl groups is 1. The number of aliphatic hydroxyl groups excluding tert-OH is 1. The number of rotatable bonds is 30. The van der Waals surface area contributed by atoms with Crippen molar-refractivity contribution in [3.63, 3.8) is 0 Å². The summed E-state index contributed by atoms with van der Waals surface area (Å²) < 4.78 is 22.5. The standard InChI is InChI=1S/C28H33NO3.C28H31NO2.C15H27N3O3.C15H29N3O2.C11H20N2O.C4H9NO2.C3H5Br.B.2H2O/c1-23(12-11-19-30)27(28(31)32-22-26-17-9-4-10-18-26)29(20-24-13-5-2-6-14-24)21-25-15-7-3-8-16-25;1-3-13-23(2)27(28(30)31-22-26-18-11-6-12-19-26)29(20-24-14-7-4-8-15-24)21-25-16-9-5-10-17-25;1-9-10(2)18(9)13(19)12-11(16)7-6-8-17(12)14(20)21-15(3,4)5;1-10-11(2)18(10)9-13-12(16)7-6-8-17(13)14(19)20-15(3,4)5;1-7-5-4-6-12-10(7)11(14)13-8(2)9(13)3;1-2-3(5)4(6)7;1-2-3-4;;;/h2-10,13-18,23,27,30H,11-12,19-22H2,1H3;3-12,14-19,23,27H,1,13,20-22H2,2H3;9-12H,6-8,16H2,1-5H3;10-13H,6-9,16H2,1-5H3;7-10,12H,4-6H2,1-3H3;3H,2,5H2,1H3,(H,6,7);2H,1,3H2;;2*1H2/t23-,27-;23?,27-;9?,10?,11-,12-,18?;10?,11?,12-,13+,18?;7-,8?,9?,10-,13?;3-;;;;/m111111..../s1. The van der Waals surface area contributed by atoms with Crippen molar-refractivity contribution < 1.29 is 73.7 Å². The number of nitrogens with two attached hydrogens (primary N) is 3. The number of ether oxygens (including phenoxy) is 4. The summed E-state index contributed by atoms with van der Waals surface area (Å²) in [6.45, 7) is 45.7. The molecule has 6 fully saturated rings. The molecule has 0 bridgehead atoms. The fourth-order valence-corrected chi connectivity index (χ4v) is 16.4. The van der Waals surface area contributed by atoms with Crippen LogP contribution in [0.2, 0.25) is 0 Å². The second-order valence-corrected chi connectivity index (χ2v) is 37.8. The van der Waals surface area contributed by atoms with Gasteiger partial charge in [0.15, 0.2) is 0 Å². The van der Waals surface area contributed by atoms with Gasteiger partial charge in [0, 0.05) is 114 Å². The SMILES string of the molecule is C=CCBr.C=CCC(C)[C@H](C(=O)OCc1ccccc1)N(Cc1ccccc1)Cc1ccccc1.CC1C(C)N1C(=O)[C@@H]1NCCC[C@H]1C.CC1C(C)N1C(=O)[C@H]1[C@H](N)CCCN1C(=O)OC(C)(C)C.CC1C(C)N1C[C@H]1[C@H](N)CCCN1C(=O)OC(C)(C)C.CC[C@@H](N)C(=O)O.C[C@H](CCCO)[C@H](C(=O)OCc1ccccc1)N(Cc1ccccc1)Cc1ccccc1.O.O.[B]. The second kappa shape index (κ2) is 59.6. The van der Waals surface area contributed by atoms with Crippen molar-refractivity contribution in [2.24, 2.45) is 35.0 Å². The minimum Gasteiger partial charge on any atom is -0.480 e. The molecule has 0 aliphatic carbocycles. The summed E-state index contributed by atoms with van der Waals surface area (Å²) in [4.78, 5) is 100. The van der Waals surface area contributed by atoms with Crippen molar-refractivity contribution in [1.82, 2.24) is 39.6 Å². The second-order valence-electron chi connectivity index (χ2n) is 37.1. The van der Waals surface area contributed by atoms with Crippen molar-refractivity contribution in [1.29, 1.82) is 0 Å². The number of carboxylic acid groups (broad SMARTS) is 1. The number of esters is 2. The number of piperidine rings is 3. The van der Waals surface area contributed by atoms with Gasteiger partial charge in [0.25, 0.3) is 0 Å². The molecule has 17 atom stereocenters. The molecule has 3 radical (unpaired) electrons. The third-order valence-electron chi connectivity index (χ3n) is 24.5. The van der Waals surface area contributed by atoms with E-state index >= 15 is 0 Å². The van der Waals surface area contributed by atoms with E-state index in [0.29, 0.717) is 81.6 Å². The van der Waals surface area contributed by atoms with Crippen LogP contribution < -0.4 is 22.5 Å². The summed E-state index contributed by atoms with van der Waals surface area (Å²) in [5.74, 6) is -0.453. The molecule has 0 spiro atoms. The van der Waals surface area contributed by atoms with Crippen LogP contribution in [-0.2, 0) is 82.3 Å². The van der Waals surface area contributed by atoms with Crippen LogP contribution in [0.15, 0.2) is 207 Å². The summed E-state index contributed by atoms with van der Waals surface area (Å²) in [6, 6.07) is 61.0. The fourth-order valence-electron chi connectivity index (χ4n) is 16.4. The Kier molecular flexibility index (Phi) is 52.8. The number of benzene rings is 6. The molecular formula is C104H158BBrN11O15. The van der Waals surface area contributed by atoms with E-state index in [9.17, 15) is 38.7 Å². The Balaban J connectivity index is 0.000000419. The number of halogens is 1. The quantitative estimate of drug-likeness (QED) is 0.00609. The van der Waals surface area contributed by atoms with Crippen molar-refractivity contribution in [2.75, 3.05) is 38.1 Å². The molecular weight excluding hydrogens is 1730 g/mol. The highest BCUT2D eigenvalue weighted by Crippen LogP contribution is 2.35. The highest BCUT2D eigenvalue weighted by molar-refractivity contribution is 9.09. The maximum absolute atomic E-state index is 13.4. The zero-order chi connectivity index (χ0) is 95.1. The molecule has 0 saturated carbocycles. The Morgan fingerprint density at radius 2 is 0.886 bits per heavy atom. The number of hydrogen-bond donors (Lipinski definition) is 6. The molecule has 12 rings (SSSR count). The normalized spacial score (nSPS) is 22.5. The minimum absolute atomic E-state index is 0. The number of alkyl halides is 1. The first kappa shape index (κ1) is 117. The summed E-state index contributed by atoms with van der Waals surface area (Å²) in [7, 11) is 0. The van der Waals surface area contributed by atoms with E-state index in [1.165, 1.54) is 28.9 Å². The highest BCUT2D eigenvalue weighted by atomic mass is 79.9. The minimum atomic E-state index is -0.928. The number of likely N-dealkylation sites (tertiary alicyclic amines) is 2. The average molecular weight is 1890 g/mol. The van der Waals surface area contributed by atoms with Crippen molar-refractivity contribution in [3.05, 3.63) is 241 Å². The van der Waals surface area contributed by atoms with Gasteiger partial charge in [0.1, 0.15) is 48.6 Å². The van der Waals surface area contributed by atoms with Gasteiger partial charge in [-0.2, -0.15) is 0 Å². The van der Waals surface area contributed by atoms with E-state index in [-0.39, 0.29) is 117 Å². The summed E-state index contributed by atoms with van der Waals surface area (Å²) in [5, 5.41) is 21.7. The highest BCUT2D eigenvalue weighted by Gasteiger charge is 2.52. The number of carbonyl (C=O) groups excluding carboxylic acids is 6. The van der Waals surface area contributed by atoms with Gasteiger partial charge in [0.2, 0.25) is 11.8 Å². The number of aliphatic carboxylic acids is 1. The lowest BCUT2D eigenvalue weighted by molar-refractivity contribution is -0.155. The van der Waals surface area contributed by atoms with Crippen LogP contribution in [0.5, 0.6) is 0 Å². The molecule has 6 aliphatic heterocycles. The van der Waals surface area contributed by atoms with Crippen LogP contribution in [0, 0.1) is 17.8 Å². The molecule has 6 saturated heterocycles. The summed E-state index contributed by atoms with van der Waals surface area (Å²) in [5.41, 5.74) is 23.0. The van der Waals surface area contributed by atoms with Crippen molar-refractivity contribution >= 4 is 66.3 Å². The van der Waals surface area contributed by atoms with Crippen LogP contribution in [-0.4, -0.2) is 240 Å². The van der Waals surface area contributed by atoms with E-state index in [0.717, 1.165) is 85.7 Å². The number of nitrogens with one attached hydrogen (secondary N) is 1. The Bertz CT molecular complexity index is 4200. The predicted molar refractivity (Wildman–Crippen MR) is 532 cm³/mol. The number of allylic oxidation sites excluding steroid dienone is 2. The molecule has 6 aliphatic rings. The average Bonchev–Trinajstić information content (AvgIpc) is 1.61. The van der Waals surface area contributed by atoms with Gasteiger partial charge in [0.05, 0.1) is 12.1 Å². The monoisotopic (exact) mass is 1890 g/mol. The molecule has 6 aromatic carbocycles. The zero-order valence-electron chi connectivity index (χ0n) is 81.5. The van der Waals surface area contributed by atoms with E-state index in [2.05, 4.69) is 146 Å². The van der Waals surface area contributed by atoms with E-state index in [1.807, 2.05) is 205 Å². The third-order valence-corrected chi connectivity index (χ3v) is 25.0. The lowest BCUT2D eigenvalue weighted by Gasteiger charge is -2.40. The third kappa shape index (κ3) is 39.4. The van der Waals surface area contributed by atoms with Gasteiger partial charge in [-0.25, -0.2) is 9.59 Å². The maximum atomic E-state index is 13.4. The lowest BCUT2D eigenvalue weighted by Crippen LogP contribution is -2.60. The number of carbonyl (C=O) groups is 7. The molecule has 6 aromatic rings. The molecule has 729 valence electrons. The Hall–Kier alpha value is -9.17. The first-order valence-electron chi connectivity index (χ1n) is 46.5. The van der Waals surface area contributed by atoms with Gasteiger partial charge in [-0.1, -0.05) is 238 Å². The Morgan fingerprint density at radius 1 is 0.530 bits per heavy atom. The van der Waals surface area contributed by atoms with Crippen LogP contribution in [0.3, 0.4) is 0 Å². The zero-order valence-corrected chi connectivity index (χ0v) is 83.0. The summed E-state index contributed by atoms with van der Waals surface area (Å²) in [6.07, 6.45) is 11.5. The number of amides is 4. The van der Waals surface area contributed by atoms with E-state index in [1.54, 1.807) is 17.9 Å². The number of nitrogens with zero attached hydrogens (tertiary/aromatic N) is 7.